The first-order valence-electron chi connectivity index (χ1n) is 9.17. The molecule has 4 heteroatoms. The summed E-state index contributed by atoms with van der Waals surface area (Å²) in [4.78, 5) is 15.0. The number of nitrogens with one attached hydrogen (secondary N) is 1. The van der Waals surface area contributed by atoms with Crippen molar-refractivity contribution in [3.8, 4) is 0 Å². The summed E-state index contributed by atoms with van der Waals surface area (Å²) < 4.78 is 0. The van der Waals surface area contributed by atoms with E-state index in [-0.39, 0.29) is 12.4 Å². The van der Waals surface area contributed by atoms with Gasteiger partial charge in [0, 0.05) is 18.7 Å². The van der Waals surface area contributed by atoms with Crippen molar-refractivity contribution < 1.29 is 4.79 Å². The van der Waals surface area contributed by atoms with Gasteiger partial charge in [-0.15, -0.1) is 12.4 Å². The number of carbonyl (C=O) groups is 1. The Morgan fingerprint density at radius 3 is 2.71 bits per heavy atom. The van der Waals surface area contributed by atoms with E-state index in [0.29, 0.717) is 24.2 Å². The molecule has 1 atom stereocenters. The Labute approximate surface area is 152 Å². The van der Waals surface area contributed by atoms with Crippen molar-refractivity contribution in [2.24, 2.45) is 11.8 Å². The van der Waals surface area contributed by atoms with Crippen LogP contribution in [0.3, 0.4) is 0 Å². The molecule has 1 saturated heterocycles. The minimum absolute atomic E-state index is 0. The van der Waals surface area contributed by atoms with E-state index in [9.17, 15) is 4.79 Å². The Kier molecular flexibility index (Phi) is 6.70. The zero-order valence-electron chi connectivity index (χ0n) is 15.2. The number of carbonyl (C=O) groups excluding carboxylic acids is 1. The molecule has 0 spiro atoms. The van der Waals surface area contributed by atoms with Crippen LogP contribution in [0.2, 0.25) is 0 Å². The molecule has 1 aromatic rings. The zero-order valence-corrected chi connectivity index (χ0v) is 16.0. The van der Waals surface area contributed by atoms with Crippen molar-refractivity contribution in [2.75, 3.05) is 24.5 Å². The summed E-state index contributed by atoms with van der Waals surface area (Å²) in [7, 11) is 0. The van der Waals surface area contributed by atoms with Crippen LogP contribution < -0.4 is 10.2 Å². The van der Waals surface area contributed by atoms with Crippen LogP contribution in [0.15, 0.2) is 12.1 Å². The molecule has 1 amide bonds. The van der Waals surface area contributed by atoms with Crippen molar-refractivity contribution in [2.45, 2.75) is 52.9 Å². The van der Waals surface area contributed by atoms with Crippen molar-refractivity contribution in [1.82, 2.24) is 5.32 Å². The van der Waals surface area contributed by atoms with Gasteiger partial charge in [0.05, 0.1) is 0 Å². The molecule has 0 bridgehead atoms. The van der Waals surface area contributed by atoms with E-state index < -0.39 is 0 Å². The Balaban J connectivity index is 0.00000208. The predicted octanol–water partition coefficient (Wildman–Crippen LogP) is 4.03. The molecule has 0 aromatic heterocycles. The van der Waals surface area contributed by atoms with Crippen molar-refractivity contribution >= 4 is 24.0 Å². The van der Waals surface area contributed by atoms with Gasteiger partial charge in [0.25, 0.3) is 0 Å². The highest BCUT2D eigenvalue weighted by molar-refractivity contribution is 5.95. The van der Waals surface area contributed by atoms with Gasteiger partial charge in [0.15, 0.2) is 0 Å². The largest absolute Gasteiger partial charge is 0.317 e. The third kappa shape index (κ3) is 4.12. The molecular weight excluding hydrogens is 320 g/mol. The van der Waals surface area contributed by atoms with Crippen LogP contribution in [0.25, 0.3) is 0 Å². The molecule has 3 rings (SSSR count). The quantitative estimate of drug-likeness (QED) is 0.892. The van der Waals surface area contributed by atoms with E-state index >= 15 is 0 Å². The number of fused-ring (bicyclic) bond motifs is 1. The number of amides is 1. The molecule has 2 aliphatic heterocycles. The monoisotopic (exact) mass is 350 g/mol. The molecule has 3 nitrogen and oxygen atoms in total. The maximum atomic E-state index is 12.9. The molecule has 1 aromatic carbocycles. The van der Waals surface area contributed by atoms with Gasteiger partial charge in [0.1, 0.15) is 0 Å². The molecule has 0 saturated carbocycles. The minimum Gasteiger partial charge on any atom is -0.317 e. The number of nitrogens with zero attached hydrogens (tertiary/aromatic N) is 1. The number of benzene rings is 1. The maximum absolute atomic E-state index is 12.9. The molecule has 0 aliphatic carbocycles. The van der Waals surface area contributed by atoms with Gasteiger partial charge in [-0.1, -0.05) is 13.0 Å². The first-order valence-corrected chi connectivity index (χ1v) is 9.17. The number of aryl methyl sites for hydroxylation is 2. The van der Waals surface area contributed by atoms with Gasteiger partial charge in [-0.25, -0.2) is 0 Å². The normalized spacial score (nSPS) is 19.4. The summed E-state index contributed by atoms with van der Waals surface area (Å²) >= 11 is 0. The number of hydrogen-bond donors (Lipinski definition) is 1. The Morgan fingerprint density at radius 2 is 2.00 bits per heavy atom. The fraction of sp³-hybridized carbons (Fsp3) is 0.650. The van der Waals surface area contributed by atoms with Crippen LogP contribution in [0.5, 0.6) is 0 Å². The fourth-order valence-corrected chi connectivity index (χ4v) is 4.30. The second-order valence-electron chi connectivity index (χ2n) is 7.50. The minimum atomic E-state index is 0. The van der Waals surface area contributed by atoms with Gasteiger partial charge in [-0.05, 0) is 87.2 Å². The van der Waals surface area contributed by atoms with Crippen LogP contribution in [-0.4, -0.2) is 25.5 Å². The summed E-state index contributed by atoms with van der Waals surface area (Å²) in [5.74, 6) is 1.51. The topological polar surface area (TPSA) is 32.3 Å². The zero-order chi connectivity index (χ0) is 16.4. The molecule has 2 aliphatic rings. The standard InChI is InChI=1S/C20H30N2O.ClH/c1-14-11-16(3)18-5-4-10-22(19(18)12-14)20(23)13-15(2)17-6-8-21-9-7-17;/h11-12,15,17,21H,4-10,13H2,1-3H3;1H. The third-order valence-electron chi connectivity index (χ3n) is 5.68. The van der Waals surface area contributed by atoms with Crippen LogP contribution in [0.4, 0.5) is 5.69 Å². The highest BCUT2D eigenvalue weighted by Crippen LogP contribution is 2.33. The molecule has 1 unspecified atom stereocenters. The molecule has 1 fully saturated rings. The molecule has 1 N–H and O–H groups in total. The summed E-state index contributed by atoms with van der Waals surface area (Å²) in [5.41, 5.74) is 5.15. The number of halogens is 1. The maximum Gasteiger partial charge on any atom is 0.227 e. The lowest BCUT2D eigenvalue weighted by atomic mass is 9.83. The van der Waals surface area contributed by atoms with Gasteiger partial charge < -0.3 is 10.2 Å². The highest BCUT2D eigenvalue weighted by atomic mass is 35.5. The van der Waals surface area contributed by atoms with E-state index in [2.05, 4.69) is 43.1 Å². The second kappa shape index (κ2) is 8.35. The van der Waals surface area contributed by atoms with Crippen LogP contribution in [-0.2, 0) is 11.2 Å². The average molecular weight is 351 g/mol. The SMILES string of the molecule is Cc1cc(C)c2c(c1)N(C(=O)CC(C)C1CCNCC1)CCC2.Cl. The predicted molar refractivity (Wildman–Crippen MR) is 103 cm³/mol. The van der Waals surface area contributed by atoms with E-state index in [1.54, 1.807) is 0 Å². The fourth-order valence-electron chi connectivity index (χ4n) is 4.30. The van der Waals surface area contributed by atoms with Crippen molar-refractivity contribution in [1.29, 1.82) is 0 Å². The summed E-state index contributed by atoms with van der Waals surface area (Å²) in [5, 5.41) is 3.42. The average Bonchev–Trinajstić information content (AvgIpc) is 2.55. The molecular formula is C20H31ClN2O. The first-order chi connectivity index (χ1) is 11.1. The number of hydrogen-bond acceptors (Lipinski definition) is 2. The van der Waals surface area contributed by atoms with Crippen LogP contribution in [0.1, 0.15) is 49.3 Å². The van der Waals surface area contributed by atoms with Crippen LogP contribution >= 0.6 is 12.4 Å². The van der Waals surface area contributed by atoms with E-state index in [1.807, 2.05) is 0 Å². The molecule has 2 heterocycles. The Morgan fingerprint density at radius 1 is 1.29 bits per heavy atom. The van der Waals surface area contributed by atoms with E-state index in [1.165, 1.54) is 35.2 Å². The van der Waals surface area contributed by atoms with Gasteiger partial charge in [-0.3, -0.25) is 4.79 Å². The third-order valence-corrected chi connectivity index (χ3v) is 5.68. The molecule has 0 radical (unpaired) electrons. The van der Waals surface area contributed by atoms with E-state index in [4.69, 9.17) is 0 Å². The van der Waals surface area contributed by atoms with Crippen molar-refractivity contribution in [3.63, 3.8) is 0 Å². The van der Waals surface area contributed by atoms with Crippen LogP contribution in [0, 0.1) is 25.7 Å². The van der Waals surface area contributed by atoms with Gasteiger partial charge in [-0.2, -0.15) is 0 Å². The number of anilines is 1. The highest BCUT2D eigenvalue weighted by Gasteiger charge is 2.28. The smallest absolute Gasteiger partial charge is 0.227 e. The summed E-state index contributed by atoms with van der Waals surface area (Å²) in [6.45, 7) is 9.66. The van der Waals surface area contributed by atoms with E-state index in [0.717, 1.165) is 32.5 Å². The Hall–Kier alpha value is -1.06. The molecule has 134 valence electrons. The van der Waals surface area contributed by atoms with Crippen molar-refractivity contribution in [3.05, 3.63) is 28.8 Å². The molecule has 24 heavy (non-hydrogen) atoms. The lowest BCUT2D eigenvalue weighted by Gasteiger charge is -2.33. The van der Waals surface area contributed by atoms with Gasteiger partial charge in [0.2, 0.25) is 5.91 Å². The lowest BCUT2D eigenvalue weighted by Crippen LogP contribution is -2.38. The summed E-state index contributed by atoms with van der Waals surface area (Å²) in [6.07, 6.45) is 5.31. The first kappa shape index (κ1) is 19.3. The lowest BCUT2D eigenvalue weighted by molar-refractivity contribution is -0.119. The van der Waals surface area contributed by atoms with Gasteiger partial charge >= 0.3 is 0 Å². The number of rotatable bonds is 3. The number of piperidine rings is 1. The second-order valence-corrected chi connectivity index (χ2v) is 7.50. The Bertz CT molecular complexity index is 581. The summed E-state index contributed by atoms with van der Waals surface area (Å²) in [6, 6.07) is 4.44.